The SMILES string of the molecule is CC(C)(C)Sc1c(CC(C)(C)C(=O)O)n(Cc2ccc(Cl)cc2)c2ccc(OCc3ccc4cnccc4n3)cc12. The van der Waals surface area contributed by atoms with Crippen molar-refractivity contribution >= 4 is 51.1 Å². The van der Waals surface area contributed by atoms with E-state index >= 15 is 0 Å². The van der Waals surface area contributed by atoms with Crippen LogP contribution in [0, 0.1) is 5.41 Å². The number of aliphatic carboxylic acids is 1. The Morgan fingerprint density at radius 2 is 1.78 bits per heavy atom. The van der Waals surface area contributed by atoms with E-state index < -0.39 is 11.4 Å². The first-order chi connectivity index (χ1) is 19.4. The number of carboxylic acids is 1. The maximum Gasteiger partial charge on any atom is 0.309 e. The maximum absolute atomic E-state index is 12.2. The Morgan fingerprint density at radius 3 is 2.49 bits per heavy atom. The molecule has 0 spiro atoms. The van der Waals surface area contributed by atoms with E-state index in [-0.39, 0.29) is 4.75 Å². The predicted octanol–water partition coefficient (Wildman–Crippen LogP) is 8.41. The van der Waals surface area contributed by atoms with E-state index in [1.807, 2.05) is 48.5 Å². The first-order valence-electron chi connectivity index (χ1n) is 13.5. The van der Waals surface area contributed by atoms with Crippen LogP contribution in [-0.4, -0.2) is 30.4 Å². The summed E-state index contributed by atoms with van der Waals surface area (Å²) in [7, 11) is 0. The lowest BCUT2D eigenvalue weighted by molar-refractivity contribution is -0.146. The molecule has 0 atom stereocenters. The average molecular weight is 588 g/mol. The minimum atomic E-state index is -0.948. The van der Waals surface area contributed by atoms with Gasteiger partial charge in [-0.25, -0.2) is 4.98 Å². The number of nitrogens with zero attached hydrogens (tertiary/aromatic N) is 3. The molecule has 0 bridgehead atoms. The molecule has 5 rings (SSSR count). The Kier molecular flexibility index (Phi) is 8.04. The highest BCUT2D eigenvalue weighted by Gasteiger charge is 2.32. The monoisotopic (exact) mass is 587 g/mol. The van der Waals surface area contributed by atoms with Crippen LogP contribution in [0.15, 0.2) is 78.0 Å². The number of thioether (sulfide) groups is 1. The normalized spacial score (nSPS) is 12.2. The van der Waals surface area contributed by atoms with Crippen molar-refractivity contribution in [1.82, 2.24) is 14.5 Å². The minimum absolute atomic E-state index is 0.0950. The van der Waals surface area contributed by atoms with Crippen molar-refractivity contribution in [2.45, 2.75) is 63.8 Å². The number of rotatable bonds is 9. The van der Waals surface area contributed by atoms with Crippen LogP contribution >= 0.6 is 23.4 Å². The zero-order chi connectivity index (χ0) is 29.4. The third-order valence-electron chi connectivity index (χ3n) is 6.88. The molecule has 0 fully saturated rings. The number of fused-ring (bicyclic) bond motifs is 2. The lowest BCUT2D eigenvalue weighted by Gasteiger charge is -2.24. The quantitative estimate of drug-likeness (QED) is 0.174. The molecule has 6 nitrogen and oxygen atoms in total. The molecule has 1 N–H and O–H groups in total. The van der Waals surface area contributed by atoms with Gasteiger partial charge >= 0.3 is 5.97 Å². The summed E-state index contributed by atoms with van der Waals surface area (Å²) in [4.78, 5) is 22.2. The van der Waals surface area contributed by atoms with E-state index in [0.717, 1.165) is 49.4 Å². The fraction of sp³-hybridized carbons (Fsp3) is 0.303. The lowest BCUT2D eigenvalue weighted by Crippen LogP contribution is -2.28. The van der Waals surface area contributed by atoms with Gasteiger partial charge in [0.05, 0.1) is 16.6 Å². The molecule has 2 aromatic carbocycles. The van der Waals surface area contributed by atoms with Crippen LogP contribution in [0.2, 0.25) is 5.02 Å². The second-order valence-electron chi connectivity index (χ2n) is 11.9. The molecule has 5 aromatic rings. The van der Waals surface area contributed by atoms with Crippen LogP contribution in [0.1, 0.15) is 51.6 Å². The van der Waals surface area contributed by atoms with Gasteiger partial charge in [-0.05, 0) is 67.9 Å². The number of carboxylic acid groups (broad SMARTS) is 1. The third kappa shape index (κ3) is 6.68. The first kappa shape index (κ1) is 29.0. The number of halogens is 1. The Balaban J connectivity index is 1.58. The highest BCUT2D eigenvalue weighted by Crippen LogP contribution is 2.44. The second-order valence-corrected chi connectivity index (χ2v) is 14.2. The summed E-state index contributed by atoms with van der Waals surface area (Å²) in [6, 6.07) is 19.8. The number of pyridine rings is 2. The molecular weight excluding hydrogens is 554 g/mol. The second kappa shape index (κ2) is 11.4. The smallest absolute Gasteiger partial charge is 0.309 e. The Hall–Kier alpha value is -3.55. The number of aromatic nitrogens is 3. The van der Waals surface area contributed by atoms with E-state index in [9.17, 15) is 9.90 Å². The lowest BCUT2D eigenvalue weighted by atomic mass is 9.88. The van der Waals surface area contributed by atoms with Crippen molar-refractivity contribution in [2.24, 2.45) is 5.41 Å². The summed E-state index contributed by atoms with van der Waals surface area (Å²) in [6.45, 7) is 11.0. The van der Waals surface area contributed by atoms with Gasteiger partial charge in [0.25, 0.3) is 0 Å². The number of carbonyl (C=O) groups is 1. The van der Waals surface area contributed by atoms with Crippen LogP contribution in [-0.2, 0) is 24.4 Å². The summed E-state index contributed by atoms with van der Waals surface area (Å²) in [5.74, 6) is -0.0900. The van der Waals surface area contributed by atoms with Gasteiger partial charge in [0.1, 0.15) is 12.4 Å². The van der Waals surface area contributed by atoms with Crippen LogP contribution in [0.5, 0.6) is 5.75 Å². The fourth-order valence-electron chi connectivity index (χ4n) is 4.73. The average Bonchev–Trinajstić information content (AvgIpc) is 3.18. The maximum atomic E-state index is 12.2. The summed E-state index contributed by atoms with van der Waals surface area (Å²) in [6.07, 6.45) is 3.92. The summed E-state index contributed by atoms with van der Waals surface area (Å²) in [5.41, 5.74) is 3.89. The molecule has 0 aliphatic heterocycles. The molecule has 3 aromatic heterocycles. The number of hydrogen-bond donors (Lipinski definition) is 1. The van der Waals surface area contributed by atoms with Crippen molar-refractivity contribution in [3.8, 4) is 5.75 Å². The standard InChI is InChI=1S/C33H34ClN3O3S/c1-32(2,3)41-30-26-16-25(40-20-24-11-8-22-18-35-15-14-27(22)36-24)12-13-28(26)37(19-21-6-9-23(34)10-7-21)29(30)17-33(4,5)31(38)39/h6-16,18H,17,19-20H2,1-5H3,(H,38,39). The minimum Gasteiger partial charge on any atom is -0.487 e. The van der Waals surface area contributed by atoms with Crippen LogP contribution in [0.4, 0.5) is 0 Å². The first-order valence-corrected chi connectivity index (χ1v) is 14.7. The summed E-state index contributed by atoms with van der Waals surface area (Å²) in [5, 5.41) is 12.8. The van der Waals surface area contributed by atoms with Gasteiger partial charge in [0, 0.05) is 62.0 Å². The van der Waals surface area contributed by atoms with Crippen molar-refractivity contribution in [3.63, 3.8) is 0 Å². The predicted molar refractivity (Wildman–Crippen MR) is 167 cm³/mol. The highest BCUT2D eigenvalue weighted by molar-refractivity contribution is 8.00. The fourth-order valence-corrected chi connectivity index (χ4v) is 6.05. The van der Waals surface area contributed by atoms with Crippen molar-refractivity contribution in [2.75, 3.05) is 0 Å². The Labute approximate surface area is 249 Å². The number of hydrogen-bond acceptors (Lipinski definition) is 5. The van der Waals surface area contributed by atoms with E-state index in [1.54, 1.807) is 38.0 Å². The largest absolute Gasteiger partial charge is 0.487 e. The van der Waals surface area contributed by atoms with Gasteiger partial charge in [0.2, 0.25) is 0 Å². The Bertz CT molecular complexity index is 1720. The molecule has 8 heteroatoms. The molecule has 0 unspecified atom stereocenters. The molecule has 0 saturated heterocycles. The number of ether oxygens (including phenoxy) is 1. The van der Waals surface area contributed by atoms with Crippen LogP contribution in [0.3, 0.4) is 0 Å². The highest BCUT2D eigenvalue weighted by atomic mass is 35.5. The van der Waals surface area contributed by atoms with Gasteiger partial charge < -0.3 is 14.4 Å². The topological polar surface area (TPSA) is 77.2 Å². The zero-order valence-corrected chi connectivity index (χ0v) is 25.5. The molecule has 0 amide bonds. The molecule has 41 heavy (non-hydrogen) atoms. The van der Waals surface area contributed by atoms with Gasteiger partial charge in [-0.1, -0.05) is 44.5 Å². The van der Waals surface area contributed by atoms with Crippen molar-refractivity contribution in [3.05, 3.63) is 95.0 Å². The van der Waals surface area contributed by atoms with Crippen LogP contribution in [0.25, 0.3) is 21.8 Å². The molecule has 0 radical (unpaired) electrons. The molecule has 0 aliphatic rings. The Morgan fingerprint density at radius 1 is 1.02 bits per heavy atom. The zero-order valence-electron chi connectivity index (χ0n) is 23.9. The van der Waals surface area contributed by atoms with Gasteiger partial charge in [-0.15, -0.1) is 11.8 Å². The van der Waals surface area contributed by atoms with Crippen molar-refractivity contribution < 1.29 is 14.6 Å². The molecule has 0 saturated carbocycles. The molecule has 3 heterocycles. The molecule has 0 aliphatic carbocycles. The van der Waals surface area contributed by atoms with Crippen LogP contribution < -0.4 is 4.74 Å². The summed E-state index contributed by atoms with van der Waals surface area (Å²) >= 11 is 7.92. The molecule has 212 valence electrons. The van der Waals surface area contributed by atoms with E-state index in [0.29, 0.717) is 24.6 Å². The number of benzene rings is 2. The summed E-state index contributed by atoms with van der Waals surface area (Å²) < 4.78 is 8.40. The van der Waals surface area contributed by atoms with Gasteiger partial charge in [-0.2, -0.15) is 0 Å². The third-order valence-corrected chi connectivity index (χ3v) is 8.40. The van der Waals surface area contributed by atoms with Gasteiger partial charge in [0.15, 0.2) is 0 Å². The van der Waals surface area contributed by atoms with E-state index in [2.05, 4.69) is 42.5 Å². The molecular formula is C33H34ClN3O3S. The van der Waals surface area contributed by atoms with Crippen molar-refractivity contribution in [1.29, 1.82) is 0 Å². The van der Waals surface area contributed by atoms with E-state index in [4.69, 9.17) is 21.3 Å². The van der Waals surface area contributed by atoms with Gasteiger partial charge in [-0.3, -0.25) is 9.78 Å². The van der Waals surface area contributed by atoms with E-state index in [1.165, 1.54) is 0 Å².